The summed E-state index contributed by atoms with van der Waals surface area (Å²) < 4.78 is 16.9. The van der Waals surface area contributed by atoms with Crippen molar-refractivity contribution in [1.29, 1.82) is 0 Å². The van der Waals surface area contributed by atoms with Crippen LogP contribution in [-0.2, 0) is 0 Å². The third-order valence-electron chi connectivity index (χ3n) is 5.10. The second kappa shape index (κ2) is 8.57. The fourth-order valence-electron chi connectivity index (χ4n) is 3.46. The molecule has 2 heterocycles. The second-order valence-corrected chi connectivity index (χ2v) is 8.19. The third kappa shape index (κ3) is 3.85. The lowest BCUT2D eigenvalue weighted by Gasteiger charge is -2.34. The van der Waals surface area contributed by atoms with Crippen molar-refractivity contribution in [3.63, 3.8) is 0 Å². The SMILES string of the molecule is COc1cc(OC)cc(C(=O)N2CCN(c3nc4c(OC)ccc(Cl)c4s3)CC2)c1. The average molecular weight is 448 g/mol. The molecule has 0 bridgehead atoms. The lowest BCUT2D eigenvalue weighted by atomic mass is 10.1. The number of piperazine rings is 1. The van der Waals surface area contributed by atoms with Gasteiger partial charge in [0.05, 0.1) is 31.1 Å². The maximum Gasteiger partial charge on any atom is 0.254 e. The molecule has 1 aliphatic heterocycles. The van der Waals surface area contributed by atoms with Crippen LogP contribution in [0.4, 0.5) is 5.13 Å². The van der Waals surface area contributed by atoms with Gasteiger partial charge in [0.15, 0.2) is 5.13 Å². The van der Waals surface area contributed by atoms with Gasteiger partial charge in [-0.3, -0.25) is 4.79 Å². The molecule has 0 unspecified atom stereocenters. The molecule has 0 atom stereocenters. The molecule has 0 aliphatic carbocycles. The van der Waals surface area contributed by atoms with Crippen LogP contribution in [0.2, 0.25) is 5.02 Å². The largest absolute Gasteiger partial charge is 0.497 e. The highest BCUT2D eigenvalue weighted by Crippen LogP contribution is 2.39. The Morgan fingerprint density at radius 3 is 2.27 bits per heavy atom. The topological polar surface area (TPSA) is 64.1 Å². The Morgan fingerprint density at radius 2 is 1.67 bits per heavy atom. The average Bonchev–Trinajstić information content (AvgIpc) is 3.25. The molecule has 9 heteroatoms. The number of benzene rings is 2. The van der Waals surface area contributed by atoms with E-state index in [0.29, 0.717) is 54.0 Å². The molecule has 1 aromatic heterocycles. The van der Waals surface area contributed by atoms with Crippen LogP contribution in [0.15, 0.2) is 30.3 Å². The zero-order valence-corrected chi connectivity index (χ0v) is 18.5. The molecule has 1 amide bonds. The summed E-state index contributed by atoms with van der Waals surface area (Å²) in [4.78, 5) is 21.8. The maximum atomic E-state index is 13.0. The summed E-state index contributed by atoms with van der Waals surface area (Å²) in [5.41, 5.74) is 1.32. The van der Waals surface area contributed by atoms with Crippen LogP contribution in [0, 0.1) is 0 Å². The van der Waals surface area contributed by atoms with Crippen LogP contribution in [0.3, 0.4) is 0 Å². The Balaban J connectivity index is 1.50. The molecule has 0 radical (unpaired) electrons. The van der Waals surface area contributed by atoms with E-state index in [1.54, 1.807) is 50.9 Å². The van der Waals surface area contributed by atoms with Gasteiger partial charge in [-0.25, -0.2) is 4.98 Å². The number of thiazole rings is 1. The highest BCUT2D eigenvalue weighted by atomic mass is 35.5. The number of rotatable bonds is 5. The van der Waals surface area contributed by atoms with Gasteiger partial charge in [-0.1, -0.05) is 22.9 Å². The van der Waals surface area contributed by atoms with E-state index in [9.17, 15) is 4.79 Å². The molecule has 4 rings (SSSR count). The summed E-state index contributed by atoms with van der Waals surface area (Å²) in [6, 6.07) is 8.87. The molecular weight excluding hydrogens is 426 g/mol. The van der Waals surface area contributed by atoms with Gasteiger partial charge in [-0.15, -0.1) is 0 Å². The van der Waals surface area contributed by atoms with E-state index in [-0.39, 0.29) is 5.91 Å². The van der Waals surface area contributed by atoms with Gasteiger partial charge in [0.2, 0.25) is 0 Å². The van der Waals surface area contributed by atoms with Gasteiger partial charge in [0.1, 0.15) is 22.8 Å². The number of hydrogen-bond donors (Lipinski definition) is 0. The Labute approximate surface area is 183 Å². The van der Waals surface area contributed by atoms with Gasteiger partial charge < -0.3 is 24.0 Å². The number of hydrogen-bond acceptors (Lipinski definition) is 7. The van der Waals surface area contributed by atoms with E-state index in [4.69, 9.17) is 30.8 Å². The summed E-state index contributed by atoms with van der Waals surface area (Å²) in [5.74, 6) is 1.85. The van der Waals surface area contributed by atoms with Crippen LogP contribution < -0.4 is 19.1 Å². The number of carbonyl (C=O) groups is 1. The van der Waals surface area contributed by atoms with Crippen LogP contribution in [-0.4, -0.2) is 63.3 Å². The number of anilines is 1. The first-order valence-corrected chi connectivity index (χ1v) is 10.6. The van der Waals surface area contributed by atoms with Gasteiger partial charge in [-0.05, 0) is 24.3 Å². The summed E-state index contributed by atoms with van der Waals surface area (Å²) in [6.45, 7) is 2.57. The van der Waals surface area contributed by atoms with E-state index in [2.05, 4.69) is 4.90 Å². The van der Waals surface area contributed by atoms with Gasteiger partial charge in [0.25, 0.3) is 5.91 Å². The van der Waals surface area contributed by atoms with Gasteiger partial charge in [0, 0.05) is 37.8 Å². The minimum absolute atomic E-state index is 0.0409. The number of nitrogens with zero attached hydrogens (tertiary/aromatic N) is 3. The predicted molar refractivity (Wildman–Crippen MR) is 119 cm³/mol. The third-order valence-corrected chi connectivity index (χ3v) is 6.68. The molecule has 7 nitrogen and oxygen atoms in total. The van der Waals surface area contributed by atoms with Crippen molar-refractivity contribution in [2.75, 3.05) is 52.4 Å². The number of fused-ring (bicyclic) bond motifs is 1. The minimum atomic E-state index is -0.0409. The monoisotopic (exact) mass is 447 g/mol. The molecule has 0 saturated carbocycles. The number of aromatic nitrogens is 1. The maximum absolute atomic E-state index is 13.0. The second-order valence-electron chi connectivity index (χ2n) is 6.80. The Hall–Kier alpha value is -2.71. The van der Waals surface area contributed by atoms with E-state index < -0.39 is 0 Å². The van der Waals surface area contributed by atoms with Crippen LogP contribution in [0.25, 0.3) is 10.2 Å². The lowest BCUT2D eigenvalue weighted by molar-refractivity contribution is 0.0746. The number of carbonyl (C=O) groups excluding carboxylic acids is 1. The van der Waals surface area contributed by atoms with E-state index in [1.165, 1.54) is 0 Å². The molecule has 158 valence electrons. The molecule has 1 aliphatic rings. The zero-order chi connectivity index (χ0) is 21.3. The normalized spacial score (nSPS) is 14.1. The molecular formula is C21H22ClN3O4S. The van der Waals surface area contributed by atoms with Gasteiger partial charge in [-0.2, -0.15) is 0 Å². The Bertz CT molecular complexity index is 1060. The molecule has 1 fully saturated rings. The van der Waals surface area contributed by atoms with E-state index in [0.717, 1.165) is 15.3 Å². The minimum Gasteiger partial charge on any atom is -0.497 e. The molecule has 2 aromatic carbocycles. The number of ether oxygens (including phenoxy) is 3. The first-order chi connectivity index (χ1) is 14.5. The molecule has 0 N–H and O–H groups in total. The standard InChI is InChI=1S/C21H22ClN3O4S/c1-27-14-10-13(11-15(12-14)28-2)20(26)24-6-8-25(9-7-24)21-23-18-17(29-3)5-4-16(22)19(18)30-21/h4-5,10-12H,6-9H2,1-3H3. The fourth-order valence-corrected chi connectivity index (χ4v) is 4.76. The number of halogens is 1. The number of methoxy groups -OCH3 is 3. The highest BCUT2D eigenvalue weighted by Gasteiger charge is 2.25. The first-order valence-electron chi connectivity index (χ1n) is 9.44. The van der Waals surface area contributed by atoms with Crippen molar-refractivity contribution in [3.8, 4) is 17.2 Å². The summed E-state index contributed by atoms with van der Waals surface area (Å²) >= 11 is 7.89. The summed E-state index contributed by atoms with van der Waals surface area (Å²) in [7, 11) is 4.77. The van der Waals surface area contributed by atoms with Gasteiger partial charge >= 0.3 is 0 Å². The summed E-state index contributed by atoms with van der Waals surface area (Å²) in [6.07, 6.45) is 0. The van der Waals surface area contributed by atoms with Crippen LogP contribution >= 0.6 is 22.9 Å². The predicted octanol–water partition coefficient (Wildman–Crippen LogP) is 3.94. The molecule has 30 heavy (non-hydrogen) atoms. The zero-order valence-electron chi connectivity index (χ0n) is 17.0. The van der Waals surface area contributed by atoms with E-state index in [1.807, 2.05) is 17.0 Å². The van der Waals surface area contributed by atoms with E-state index >= 15 is 0 Å². The van der Waals surface area contributed by atoms with Crippen molar-refractivity contribution in [2.45, 2.75) is 0 Å². The van der Waals surface area contributed by atoms with Crippen molar-refractivity contribution in [2.24, 2.45) is 0 Å². The fraction of sp³-hybridized carbons (Fsp3) is 0.333. The summed E-state index contributed by atoms with van der Waals surface area (Å²) in [5, 5.41) is 1.54. The Kier molecular flexibility index (Phi) is 5.87. The first kappa shape index (κ1) is 20.6. The molecule has 0 spiro atoms. The molecule has 3 aromatic rings. The lowest BCUT2D eigenvalue weighted by Crippen LogP contribution is -2.48. The number of amides is 1. The van der Waals surface area contributed by atoms with Crippen molar-refractivity contribution < 1.29 is 19.0 Å². The Morgan fingerprint density at radius 1 is 1.00 bits per heavy atom. The van der Waals surface area contributed by atoms with Crippen molar-refractivity contribution in [3.05, 3.63) is 40.9 Å². The quantitative estimate of drug-likeness (QED) is 0.590. The smallest absolute Gasteiger partial charge is 0.254 e. The van der Waals surface area contributed by atoms with Crippen LogP contribution in [0.5, 0.6) is 17.2 Å². The molecule has 1 saturated heterocycles. The van der Waals surface area contributed by atoms with Crippen LogP contribution in [0.1, 0.15) is 10.4 Å². The van der Waals surface area contributed by atoms with Crippen molar-refractivity contribution in [1.82, 2.24) is 9.88 Å². The van der Waals surface area contributed by atoms with Crippen molar-refractivity contribution >= 4 is 44.2 Å². The highest BCUT2D eigenvalue weighted by molar-refractivity contribution is 7.22.